The molecule has 1 aliphatic carbocycles. The second-order valence-corrected chi connectivity index (χ2v) is 16.2. The Morgan fingerprint density at radius 1 is 0.349 bits per heavy atom. The van der Waals surface area contributed by atoms with Crippen LogP contribution in [0.1, 0.15) is 27.8 Å². The van der Waals surface area contributed by atoms with Gasteiger partial charge in [-0.2, -0.15) is 0 Å². The fraction of sp³-hybridized carbons (Fsp3) is 0.0345. The summed E-state index contributed by atoms with van der Waals surface area (Å²) in [5.41, 5.74) is 16.0. The number of hydrogen-bond donors (Lipinski definition) is 0. The molecule has 1 aliphatic heterocycles. The lowest BCUT2D eigenvalue weighted by molar-refractivity contribution is 0.436. The van der Waals surface area contributed by atoms with E-state index in [9.17, 15) is 0 Å². The molecule has 0 fully saturated rings. The maximum Gasteiger partial charge on any atom is 0.165 e. The predicted molar refractivity (Wildman–Crippen MR) is 252 cm³/mol. The number of rotatable bonds is 6. The number of aromatic nitrogens is 4. The first-order chi connectivity index (χ1) is 31.2. The summed E-state index contributed by atoms with van der Waals surface area (Å²) in [4.78, 5) is 21.4. The standard InChI is InChI=1S/C58H38N4O/c1-37-32-35-50(59-36-37)42-24-10-9-23-41(42)43-33-34-49-53(45-26-12-13-27-46(45)58(49)47-28-14-16-30-51(47)63-52-31-17-15-29-48(52)58)54(43)57-61-55(39-20-6-3-7-21-39)60-56(62-57)44-25-11-8-22-40(44)38-18-4-2-5-19-38/h2-36H,1H3. The number of fused-ring (bicyclic) bond motifs is 9. The van der Waals surface area contributed by atoms with Crippen LogP contribution in [0.3, 0.4) is 0 Å². The first-order valence-corrected chi connectivity index (χ1v) is 21.3. The SMILES string of the molecule is Cc1ccc(-c2ccccc2-c2ccc3c(c2-c2nc(-c4ccccc4)nc(-c4ccccc4-c4ccccc4)n2)-c2ccccc2C32c3ccccc3Oc3ccccc32)nc1. The smallest absolute Gasteiger partial charge is 0.165 e. The number of nitrogens with zero attached hydrogens (tertiary/aromatic N) is 4. The van der Waals surface area contributed by atoms with E-state index in [1.54, 1.807) is 0 Å². The van der Waals surface area contributed by atoms with E-state index in [2.05, 4.69) is 189 Å². The molecule has 5 heteroatoms. The van der Waals surface area contributed by atoms with Crippen LogP contribution in [0.2, 0.25) is 0 Å². The molecule has 63 heavy (non-hydrogen) atoms. The van der Waals surface area contributed by atoms with Crippen molar-refractivity contribution in [2.45, 2.75) is 12.3 Å². The third kappa shape index (κ3) is 5.78. The fourth-order valence-corrected chi connectivity index (χ4v) is 9.84. The summed E-state index contributed by atoms with van der Waals surface area (Å²) >= 11 is 0. The number of hydrogen-bond acceptors (Lipinski definition) is 5. The van der Waals surface area contributed by atoms with Crippen molar-refractivity contribution in [3.63, 3.8) is 0 Å². The summed E-state index contributed by atoms with van der Waals surface area (Å²) in [5, 5.41) is 0. The molecular formula is C58H38N4O. The minimum absolute atomic E-state index is 0.584. The summed E-state index contributed by atoms with van der Waals surface area (Å²) in [5.74, 6) is 3.45. The lowest BCUT2D eigenvalue weighted by atomic mass is 9.66. The van der Waals surface area contributed by atoms with E-state index in [4.69, 9.17) is 24.7 Å². The Bertz CT molecular complexity index is 3340. The number of benzene rings is 8. The van der Waals surface area contributed by atoms with Gasteiger partial charge in [-0.3, -0.25) is 4.98 Å². The highest BCUT2D eigenvalue weighted by Crippen LogP contribution is 2.64. The molecule has 12 rings (SSSR count). The lowest BCUT2D eigenvalue weighted by Crippen LogP contribution is -2.32. The Labute approximate surface area is 366 Å². The van der Waals surface area contributed by atoms with E-state index in [-0.39, 0.29) is 0 Å². The van der Waals surface area contributed by atoms with Gasteiger partial charge in [0.1, 0.15) is 11.5 Å². The molecule has 0 unspecified atom stereocenters. The molecule has 2 aliphatic rings. The van der Waals surface area contributed by atoms with Crippen LogP contribution in [0.15, 0.2) is 212 Å². The minimum Gasteiger partial charge on any atom is -0.457 e. The van der Waals surface area contributed by atoms with Crippen molar-refractivity contribution < 1.29 is 4.74 Å². The quantitative estimate of drug-likeness (QED) is 0.167. The topological polar surface area (TPSA) is 60.8 Å². The molecule has 0 radical (unpaired) electrons. The zero-order chi connectivity index (χ0) is 41.9. The first kappa shape index (κ1) is 36.6. The van der Waals surface area contributed by atoms with Gasteiger partial charge in [0.05, 0.1) is 11.1 Å². The average molecular weight is 807 g/mol. The van der Waals surface area contributed by atoms with Gasteiger partial charge in [-0.1, -0.05) is 188 Å². The van der Waals surface area contributed by atoms with Crippen molar-refractivity contribution in [1.29, 1.82) is 0 Å². The second-order valence-electron chi connectivity index (χ2n) is 16.2. The zero-order valence-corrected chi connectivity index (χ0v) is 34.4. The summed E-state index contributed by atoms with van der Waals surface area (Å²) in [6.07, 6.45) is 1.93. The lowest BCUT2D eigenvalue weighted by Gasteiger charge is -2.39. The van der Waals surface area contributed by atoms with Crippen molar-refractivity contribution in [3.05, 3.63) is 240 Å². The summed E-state index contributed by atoms with van der Waals surface area (Å²) in [6.45, 7) is 2.07. The number of para-hydroxylation sites is 2. The number of pyridine rings is 1. The monoisotopic (exact) mass is 806 g/mol. The summed E-state index contributed by atoms with van der Waals surface area (Å²) in [7, 11) is 0. The van der Waals surface area contributed by atoms with E-state index < -0.39 is 5.41 Å². The molecule has 0 saturated heterocycles. The molecule has 1 spiro atoms. The second kappa shape index (κ2) is 14.7. The fourth-order valence-electron chi connectivity index (χ4n) is 9.84. The van der Waals surface area contributed by atoms with Gasteiger partial charge in [-0.15, -0.1) is 0 Å². The summed E-state index contributed by atoms with van der Waals surface area (Å²) in [6, 6.07) is 72.3. The zero-order valence-electron chi connectivity index (χ0n) is 34.4. The third-order valence-electron chi connectivity index (χ3n) is 12.6. The van der Waals surface area contributed by atoms with E-state index >= 15 is 0 Å². The van der Waals surface area contributed by atoms with Gasteiger partial charge in [0, 0.05) is 39.6 Å². The van der Waals surface area contributed by atoms with Crippen molar-refractivity contribution in [1.82, 2.24) is 19.9 Å². The highest BCUT2D eigenvalue weighted by Gasteiger charge is 2.52. The van der Waals surface area contributed by atoms with Gasteiger partial charge in [-0.25, -0.2) is 15.0 Å². The van der Waals surface area contributed by atoms with Crippen LogP contribution in [0, 0.1) is 6.92 Å². The molecule has 0 amide bonds. The van der Waals surface area contributed by atoms with Gasteiger partial charge in [0.25, 0.3) is 0 Å². The number of ether oxygens (including phenoxy) is 1. The molecule has 5 nitrogen and oxygen atoms in total. The van der Waals surface area contributed by atoms with Crippen molar-refractivity contribution in [2.75, 3.05) is 0 Å². The molecule has 0 bridgehead atoms. The third-order valence-corrected chi connectivity index (χ3v) is 12.6. The maximum atomic E-state index is 6.71. The molecule has 0 saturated carbocycles. The molecule has 10 aromatic rings. The highest BCUT2D eigenvalue weighted by molar-refractivity contribution is 6.03. The number of aryl methyl sites for hydroxylation is 1. The Hall–Kier alpha value is -8.28. The van der Waals surface area contributed by atoms with Gasteiger partial charge >= 0.3 is 0 Å². The van der Waals surface area contributed by atoms with Crippen LogP contribution in [0.5, 0.6) is 11.5 Å². The van der Waals surface area contributed by atoms with Gasteiger partial charge in [0.2, 0.25) is 0 Å². The minimum atomic E-state index is -0.694. The highest BCUT2D eigenvalue weighted by atomic mass is 16.5. The molecule has 8 aromatic carbocycles. The Morgan fingerprint density at radius 3 is 1.57 bits per heavy atom. The van der Waals surface area contributed by atoms with Crippen molar-refractivity contribution >= 4 is 0 Å². The van der Waals surface area contributed by atoms with Crippen LogP contribution in [0.25, 0.3) is 78.8 Å². The van der Waals surface area contributed by atoms with E-state index in [1.807, 2.05) is 30.5 Å². The van der Waals surface area contributed by atoms with Crippen LogP contribution in [-0.4, -0.2) is 19.9 Å². The Balaban J connectivity index is 1.23. The van der Waals surface area contributed by atoms with Crippen LogP contribution >= 0.6 is 0 Å². The predicted octanol–water partition coefficient (Wildman–Crippen LogP) is 14.0. The largest absolute Gasteiger partial charge is 0.457 e. The van der Waals surface area contributed by atoms with Gasteiger partial charge < -0.3 is 4.74 Å². The molecule has 0 atom stereocenters. The van der Waals surface area contributed by atoms with E-state index in [1.165, 1.54) is 5.56 Å². The van der Waals surface area contributed by atoms with Crippen LogP contribution in [0.4, 0.5) is 0 Å². The van der Waals surface area contributed by atoms with Crippen molar-refractivity contribution in [3.8, 4) is 90.3 Å². The van der Waals surface area contributed by atoms with E-state index in [0.29, 0.717) is 17.5 Å². The van der Waals surface area contributed by atoms with Crippen LogP contribution < -0.4 is 4.74 Å². The molecule has 296 valence electrons. The molecule has 2 aromatic heterocycles. The van der Waals surface area contributed by atoms with Crippen LogP contribution in [-0.2, 0) is 5.41 Å². The summed E-state index contributed by atoms with van der Waals surface area (Å²) < 4.78 is 6.71. The Kier molecular flexibility index (Phi) is 8.54. The van der Waals surface area contributed by atoms with Crippen molar-refractivity contribution in [2.24, 2.45) is 0 Å². The van der Waals surface area contributed by atoms with Gasteiger partial charge in [0.15, 0.2) is 17.5 Å². The van der Waals surface area contributed by atoms with Gasteiger partial charge in [-0.05, 0) is 75.2 Å². The molecule has 0 N–H and O–H groups in total. The first-order valence-electron chi connectivity index (χ1n) is 21.3. The molecular weight excluding hydrogens is 769 g/mol. The molecule has 3 heterocycles. The Morgan fingerprint density at radius 2 is 0.889 bits per heavy atom. The normalized spacial score (nSPS) is 12.8. The van der Waals surface area contributed by atoms with E-state index in [0.717, 1.165) is 95.1 Å². The maximum absolute atomic E-state index is 6.71. The average Bonchev–Trinajstić information content (AvgIpc) is 3.65.